The number of amides is 1. The van der Waals surface area contributed by atoms with Gasteiger partial charge in [0.25, 0.3) is 0 Å². The van der Waals surface area contributed by atoms with Crippen molar-refractivity contribution < 1.29 is 4.79 Å². The highest BCUT2D eigenvalue weighted by molar-refractivity contribution is 5.93. The molecular weight excluding hydrogens is 392 g/mol. The predicted molar refractivity (Wildman–Crippen MR) is 133 cm³/mol. The zero-order valence-corrected chi connectivity index (χ0v) is 19.1. The topological polar surface area (TPSA) is 23.6 Å². The SMILES string of the molecule is CCC(=O)N(c1ccccc1)C1CCN(C(Cc2ccccc2)Cc2ccccc2)CC1. The zero-order valence-electron chi connectivity index (χ0n) is 19.1. The van der Waals surface area contributed by atoms with E-state index in [0.717, 1.165) is 44.5 Å². The Bertz CT molecular complexity index is 909. The van der Waals surface area contributed by atoms with Crippen molar-refractivity contribution >= 4 is 11.6 Å². The number of carbonyl (C=O) groups excluding carboxylic acids is 1. The predicted octanol–water partition coefficient (Wildman–Crippen LogP) is 5.75. The molecule has 0 atom stereocenters. The number of hydrogen-bond acceptors (Lipinski definition) is 2. The normalized spacial score (nSPS) is 15.1. The maximum absolute atomic E-state index is 12.8. The van der Waals surface area contributed by atoms with E-state index in [2.05, 4.69) is 82.6 Å². The Morgan fingerprint density at radius 2 is 1.28 bits per heavy atom. The van der Waals surface area contributed by atoms with E-state index in [4.69, 9.17) is 0 Å². The molecule has 0 unspecified atom stereocenters. The summed E-state index contributed by atoms with van der Waals surface area (Å²) in [5.74, 6) is 0.222. The van der Waals surface area contributed by atoms with Crippen molar-refractivity contribution in [3.05, 3.63) is 102 Å². The van der Waals surface area contributed by atoms with Crippen LogP contribution >= 0.6 is 0 Å². The molecule has 0 N–H and O–H groups in total. The Morgan fingerprint density at radius 1 is 0.812 bits per heavy atom. The summed E-state index contributed by atoms with van der Waals surface area (Å²) in [5.41, 5.74) is 3.81. The minimum atomic E-state index is 0.222. The second-order valence-corrected chi connectivity index (χ2v) is 8.75. The van der Waals surface area contributed by atoms with Crippen molar-refractivity contribution in [2.24, 2.45) is 0 Å². The Hall–Kier alpha value is -2.91. The summed E-state index contributed by atoms with van der Waals surface area (Å²) in [5, 5.41) is 0. The van der Waals surface area contributed by atoms with Crippen LogP contribution in [0.5, 0.6) is 0 Å². The van der Waals surface area contributed by atoms with Crippen LogP contribution in [-0.4, -0.2) is 36.0 Å². The van der Waals surface area contributed by atoms with Crippen molar-refractivity contribution in [1.29, 1.82) is 0 Å². The molecule has 1 aliphatic heterocycles. The van der Waals surface area contributed by atoms with Crippen molar-refractivity contribution in [1.82, 2.24) is 4.90 Å². The first-order valence-corrected chi connectivity index (χ1v) is 11.9. The molecular formula is C29H34N2O. The van der Waals surface area contributed by atoms with Gasteiger partial charge in [-0.15, -0.1) is 0 Å². The van der Waals surface area contributed by atoms with E-state index in [1.165, 1.54) is 11.1 Å². The molecule has 32 heavy (non-hydrogen) atoms. The third-order valence-electron chi connectivity index (χ3n) is 6.61. The molecule has 166 valence electrons. The average Bonchev–Trinajstić information content (AvgIpc) is 2.86. The molecule has 3 aromatic carbocycles. The van der Waals surface area contributed by atoms with Crippen LogP contribution in [0.15, 0.2) is 91.0 Å². The number of rotatable bonds is 8. The second-order valence-electron chi connectivity index (χ2n) is 8.75. The first-order valence-electron chi connectivity index (χ1n) is 11.9. The molecule has 0 spiro atoms. The Morgan fingerprint density at radius 3 is 1.75 bits per heavy atom. The molecule has 0 radical (unpaired) electrons. The third-order valence-corrected chi connectivity index (χ3v) is 6.61. The van der Waals surface area contributed by atoms with Gasteiger partial charge >= 0.3 is 0 Å². The highest BCUT2D eigenvalue weighted by atomic mass is 16.2. The van der Waals surface area contributed by atoms with Gasteiger partial charge in [0.15, 0.2) is 0 Å². The lowest BCUT2D eigenvalue weighted by atomic mass is 9.94. The van der Waals surface area contributed by atoms with Crippen LogP contribution in [0.2, 0.25) is 0 Å². The van der Waals surface area contributed by atoms with Crippen molar-refractivity contribution in [2.75, 3.05) is 18.0 Å². The van der Waals surface area contributed by atoms with E-state index in [9.17, 15) is 4.79 Å². The maximum Gasteiger partial charge on any atom is 0.226 e. The van der Waals surface area contributed by atoms with E-state index in [1.54, 1.807) is 0 Å². The molecule has 1 fully saturated rings. The van der Waals surface area contributed by atoms with Gasteiger partial charge in [0, 0.05) is 37.3 Å². The van der Waals surface area contributed by atoms with Crippen LogP contribution in [-0.2, 0) is 17.6 Å². The summed E-state index contributed by atoms with van der Waals surface area (Å²) in [6.07, 6.45) is 4.68. The van der Waals surface area contributed by atoms with E-state index in [0.29, 0.717) is 12.5 Å². The lowest BCUT2D eigenvalue weighted by Crippen LogP contribution is -2.51. The number of carbonyl (C=O) groups is 1. The molecule has 0 bridgehead atoms. The number of hydrogen-bond donors (Lipinski definition) is 0. The second kappa shape index (κ2) is 11.1. The number of piperidine rings is 1. The quantitative estimate of drug-likeness (QED) is 0.458. The fourth-order valence-corrected chi connectivity index (χ4v) is 4.93. The van der Waals surface area contributed by atoms with Gasteiger partial charge < -0.3 is 4.90 Å². The molecule has 4 rings (SSSR count). The van der Waals surface area contributed by atoms with Crippen LogP contribution in [0.4, 0.5) is 5.69 Å². The number of nitrogens with zero attached hydrogens (tertiary/aromatic N) is 2. The lowest BCUT2D eigenvalue weighted by molar-refractivity contribution is -0.119. The van der Waals surface area contributed by atoms with E-state index in [-0.39, 0.29) is 11.9 Å². The molecule has 0 saturated carbocycles. The summed E-state index contributed by atoms with van der Waals surface area (Å²) < 4.78 is 0. The summed E-state index contributed by atoms with van der Waals surface area (Å²) in [4.78, 5) is 17.5. The van der Waals surface area contributed by atoms with E-state index < -0.39 is 0 Å². The van der Waals surface area contributed by atoms with Gasteiger partial charge in [-0.1, -0.05) is 85.8 Å². The smallest absolute Gasteiger partial charge is 0.226 e. The van der Waals surface area contributed by atoms with Gasteiger partial charge in [-0.25, -0.2) is 0 Å². The minimum absolute atomic E-state index is 0.222. The standard InChI is InChI=1S/C29H34N2O/c1-2-29(32)31(26-16-10-5-11-17-26)27-18-20-30(21-19-27)28(22-24-12-6-3-7-13-24)23-25-14-8-4-9-15-25/h3-17,27-28H,2,18-23H2,1H3. The van der Waals surface area contributed by atoms with Crippen molar-refractivity contribution in [3.8, 4) is 0 Å². The van der Waals surface area contributed by atoms with Gasteiger partial charge in [-0.05, 0) is 48.9 Å². The molecule has 1 heterocycles. The van der Waals surface area contributed by atoms with Crippen LogP contribution in [0.1, 0.15) is 37.3 Å². The minimum Gasteiger partial charge on any atom is -0.309 e. The van der Waals surface area contributed by atoms with E-state index >= 15 is 0 Å². The highest BCUT2D eigenvalue weighted by Crippen LogP contribution is 2.27. The van der Waals surface area contributed by atoms with Gasteiger partial charge in [0.1, 0.15) is 0 Å². The number of likely N-dealkylation sites (tertiary alicyclic amines) is 1. The molecule has 3 nitrogen and oxygen atoms in total. The van der Waals surface area contributed by atoms with E-state index in [1.807, 2.05) is 25.1 Å². The molecule has 1 saturated heterocycles. The first-order chi connectivity index (χ1) is 15.7. The summed E-state index contributed by atoms with van der Waals surface area (Å²) >= 11 is 0. The van der Waals surface area contributed by atoms with Gasteiger partial charge in [-0.3, -0.25) is 9.69 Å². The van der Waals surface area contributed by atoms with Gasteiger partial charge in [0.05, 0.1) is 0 Å². The summed E-state index contributed by atoms with van der Waals surface area (Å²) in [6, 6.07) is 32.6. The van der Waals surface area contributed by atoms with Crippen LogP contribution in [0.25, 0.3) is 0 Å². The maximum atomic E-state index is 12.8. The number of anilines is 1. The largest absolute Gasteiger partial charge is 0.309 e. The molecule has 0 aromatic heterocycles. The van der Waals surface area contributed by atoms with Crippen LogP contribution < -0.4 is 4.90 Å². The Labute approximate surface area is 192 Å². The zero-order chi connectivity index (χ0) is 22.2. The fraction of sp³-hybridized carbons (Fsp3) is 0.345. The molecule has 1 amide bonds. The van der Waals surface area contributed by atoms with Crippen LogP contribution in [0, 0.1) is 0 Å². The Balaban J connectivity index is 1.48. The Kier molecular flexibility index (Phi) is 7.73. The molecule has 3 aromatic rings. The highest BCUT2D eigenvalue weighted by Gasteiger charge is 2.31. The lowest BCUT2D eigenvalue weighted by Gasteiger charge is -2.42. The first kappa shape index (κ1) is 22.3. The molecule has 0 aliphatic carbocycles. The fourth-order valence-electron chi connectivity index (χ4n) is 4.93. The van der Waals surface area contributed by atoms with Gasteiger partial charge in [0.2, 0.25) is 5.91 Å². The monoisotopic (exact) mass is 426 g/mol. The average molecular weight is 427 g/mol. The number of benzene rings is 3. The number of para-hydroxylation sites is 1. The third kappa shape index (κ3) is 5.66. The summed E-state index contributed by atoms with van der Waals surface area (Å²) in [6.45, 7) is 4.01. The van der Waals surface area contributed by atoms with Crippen molar-refractivity contribution in [2.45, 2.75) is 51.1 Å². The molecule has 1 aliphatic rings. The molecule has 3 heteroatoms. The summed E-state index contributed by atoms with van der Waals surface area (Å²) in [7, 11) is 0. The van der Waals surface area contributed by atoms with Crippen LogP contribution in [0.3, 0.4) is 0 Å². The van der Waals surface area contributed by atoms with Gasteiger partial charge in [-0.2, -0.15) is 0 Å². The van der Waals surface area contributed by atoms with Crippen molar-refractivity contribution in [3.63, 3.8) is 0 Å².